The molecular formula is C18H23ClN2OSi. The number of rotatable bonds is 6. The largest absolute Gasteiger partial charge is 0.361 e. The van der Waals surface area contributed by atoms with E-state index in [1.54, 1.807) is 0 Å². The SMILES string of the molecule is Cc1ccc(Cl)cc1-c1c(C#N)ccn1COCC[Si](C)(C)C. The molecule has 0 aliphatic heterocycles. The van der Waals surface area contributed by atoms with Crippen LogP contribution in [0.2, 0.25) is 30.7 Å². The van der Waals surface area contributed by atoms with Gasteiger partial charge in [0.1, 0.15) is 12.8 Å². The molecule has 3 nitrogen and oxygen atoms in total. The quantitative estimate of drug-likeness (QED) is 0.525. The van der Waals surface area contributed by atoms with E-state index in [1.807, 2.05) is 42.0 Å². The number of halogens is 1. The molecule has 0 amide bonds. The molecule has 0 aliphatic rings. The Hall–Kier alpha value is -1.54. The maximum atomic E-state index is 9.40. The number of benzene rings is 1. The Labute approximate surface area is 144 Å². The predicted octanol–water partition coefficient (Wildman–Crippen LogP) is 5.30. The molecule has 0 atom stereocenters. The lowest BCUT2D eigenvalue weighted by atomic mass is 10.0. The lowest BCUT2D eigenvalue weighted by molar-refractivity contribution is 0.0885. The van der Waals surface area contributed by atoms with Gasteiger partial charge in [-0.3, -0.25) is 0 Å². The average Bonchev–Trinajstić information content (AvgIpc) is 2.88. The minimum atomic E-state index is -1.10. The van der Waals surface area contributed by atoms with Crippen molar-refractivity contribution in [2.75, 3.05) is 6.61 Å². The summed E-state index contributed by atoms with van der Waals surface area (Å²) in [6.07, 6.45) is 1.91. The smallest absolute Gasteiger partial charge is 0.122 e. The number of hydrogen-bond donors (Lipinski definition) is 0. The summed E-state index contributed by atoms with van der Waals surface area (Å²) in [6, 6.07) is 11.0. The summed E-state index contributed by atoms with van der Waals surface area (Å²) in [6.45, 7) is 10.2. The van der Waals surface area contributed by atoms with Crippen LogP contribution in [0.5, 0.6) is 0 Å². The highest BCUT2D eigenvalue weighted by atomic mass is 35.5. The van der Waals surface area contributed by atoms with Crippen LogP contribution < -0.4 is 0 Å². The van der Waals surface area contributed by atoms with Gasteiger partial charge < -0.3 is 9.30 Å². The molecule has 1 aromatic carbocycles. The van der Waals surface area contributed by atoms with Gasteiger partial charge in [-0.25, -0.2) is 0 Å². The molecule has 0 aliphatic carbocycles. The first-order valence-corrected chi connectivity index (χ1v) is 11.8. The topological polar surface area (TPSA) is 38.0 Å². The third-order valence-corrected chi connectivity index (χ3v) is 5.70. The van der Waals surface area contributed by atoms with E-state index < -0.39 is 8.07 Å². The first kappa shape index (κ1) is 17.8. The zero-order chi connectivity index (χ0) is 17.0. The van der Waals surface area contributed by atoms with Gasteiger partial charge in [-0.2, -0.15) is 5.26 Å². The van der Waals surface area contributed by atoms with Crippen LogP contribution in [0, 0.1) is 18.3 Å². The van der Waals surface area contributed by atoms with Crippen LogP contribution in [0.3, 0.4) is 0 Å². The van der Waals surface area contributed by atoms with E-state index in [-0.39, 0.29) is 0 Å². The van der Waals surface area contributed by atoms with Gasteiger partial charge in [-0.1, -0.05) is 37.3 Å². The van der Waals surface area contributed by atoms with E-state index in [4.69, 9.17) is 16.3 Å². The second-order valence-corrected chi connectivity index (χ2v) is 13.0. The summed E-state index contributed by atoms with van der Waals surface area (Å²) in [5.74, 6) is 0. The third-order valence-electron chi connectivity index (χ3n) is 3.77. The van der Waals surface area contributed by atoms with Gasteiger partial charge in [0.05, 0.1) is 11.3 Å². The normalized spacial score (nSPS) is 11.5. The second kappa shape index (κ2) is 7.35. The third kappa shape index (κ3) is 4.71. The standard InChI is InChI=1S/C18H23ClN2OSi/c1-14-5-6-16(19)11-17(14)18-15(12-20)7-8-21(18)13-22-9-10-23(2,3)4/h5-8,11H,9-10,13H2,1-4H3. The molecular weight excluding hydrogens is 324 g/mol. The number of hydrogen-bond acceptors (Lipinski definition) is 2. The molecule has 23 heavy (non-hydrogen) atoms. The van der Waals surface area contributed by atoms with Crippen LogP contribution in [0.25, 0.3) is 11.3 Å². The molecule has 0 saturated heterocycles. The number of aromatic nitrogens is 1. The second-order valence-electron chi connectivity index (χ2n) is 6.97. The maximum absolute atomic E-state index is 9.40. The Morgan fingerprint density at radius 2 is 2.00 bits per heavy atom. The summed E-state index contributed by atoms with van der Waals surface area (Å²) in [7, 11) is -1.10. The van der Waals surface area contributed by atoms with E-state index in [2.05, 4.69) is 25.7 Å². The van der Waals surface area contributed by atoms with Crippen molar-refractivity contribution in [3.8, 4) is 17.3 Å². The van der Waals surface area contributed by atoms with Gasteiger partial charge in [-0.05, 0) is 36.7 Å². The van der Waals surface area contributed by atoms with E-state index in [0.717, 1.165) is 29.5 Å². The molecule has 0 spiro atoms. The van der Waals surface area contributed by atoms with E-state index in [9.17, 15) is 5.26 Å². The molecule has 2 aromatic rings. The molecule has 2 rings (SSSR count). The number of aryl methyl sites for hydroxylation is 1. The lowest BCUT2D eigenvalue weighted by Gasteiger charge is -2.17. The number of ether oxygens (including phenoxy) is 1. The summed E-state index contributed by atoms with van der Waals surface area (Å²) in [5, 5.41) is 10.1. The number of nitriles is 1. The van der Waals surface area contributed by atoms with E-state index >= 15 is 0 Å². The summed E-state index contributed by atoms with van der Waals surface area (Å²) in [5.41, 5.74) is 3.59. The van der Waals surface area contributed by atoms with Gasteiger partial charge in [-0.15, -0.1) is 0 Å². The van der Waals surface area contributed by atoms with Gasteiger partial charge >= 0.3 is 0 Å². The van der Waals surface area contributed by atoms with E-state index in [1.165, 1.54) is 0 Å². The van der Waals surface area contributed by atoms with Gasteiger partial charge in [0.25, 0.3) is 0 Å². The average molecular weight is 347 g/mol. The molecule has 0 unspecified atom stereocenters. The highest BCUT2D eigenvalue weighted by molar-refractivity contribution is 6.76. The summed E-state index contributed by atoms with van der Waals surface area (Å²) >= 11 is 6.14. The minimum Gasteiger partial charge on any atom is -0.361 e. The fourth-order valence-corrected chi connectivity index (χ4v) is 3.29. The summed E-state index contributed by atoms with van der Waals surface area (Å²) < 4.78 is 7.83. The van der Waals surface area contributed by atoms with Gasteiger partial charge in [0, 0.05) is 31.5 Å². The molecule has 0 fully saturated rings. The van der Waals surface area contributed by atoms with Crippen LogP contribution in [0.4, 0.5) is 0 Å². The monoisotopic (exact) mass is 346 g/mol. The molecule has 0 saturated carbocycles. The molecule has 0 N–H and O–H groups in total. The van der Waals surface area contributed by atoms with Crippen LogP contribution in [0.1, 0.15) is 11.1 Å². The van der Waals surface area contributed by atoms with E-state index in [0.29, 0.717) is 17.3 Å². The fourth-order valence-electron chi connectivity index (χ4n) is 2.36. The zero-order valence-electron chi connectivity index (χ0n) is 14.2. The fraction of sp³-hybridized carbons (Fsp3) is 0.389. The van der Waals surface area contributed by atoms with Crippen molar-refractivity contribution in [2.45, 2.75) is 39.3 Å². The van der Waals surface area contributed by atoms with Crippen molar-refractivity contribution in [3.63, 3.8) is 0 Å². The van der Waals surface area contributed by atoms with Crippen molar-refractivity contribution < 1.29 is 4.74 Å². The van der Waals surface area contributed by atoms with Crippen LogP contribution in [-0.2, 0) is 11.5 Å². The van der Waals surface area contributed by atoms with Crippen molar-refractivity contribution in [1.82, 2.24) is 4.57 Å². The molecule has 0 radical (unpaired) electrons. The minimum absolute atomic E-state index is 0.452. The van der Waals surface area contributed by atoms with Crippen molar-refractivity contribution in [1.29, 1.82) is 5.26 Å². The summed E-state index contributed by atoms with van der Waals surface area (Å²) in [4.78, 5) is 0. The highest BCUT2D eigenvalue weighted by Gasteiger charge is 2.15. The van der Waals surface area contributed by atoms with Gasteiger partial charge in [0.2, 0.25) is 0 Å². The van der Waals surface area contributed by atoms with Crippen LogP contribution in [0.15, 0.2) is 30.5 Å². The van der Waals surface area contributed by atoms with Crippen LogP contribution in [-0.4, -0.2) is 19.2 Å². The maximum Gasteiger partial charge on any atom is 0.122 e. The molecule has 1 aromatic heterocycles. The Balaban J connectivity index is 2.24. The Morgan fingerprint density at radius 1 is 1.26 bits per heavy atom. The lowest BCUT2D eigenvalue weighted by Crippen LogP contribution is -2.22. The van der Waals surface area contributed by atoms with Crippen molar-refractivity contribution in [2.24, 2.45) is 0 Å². The first-order valence-electron chi connectivity index (χ1n) is 7.75. The molecule has 5 heteroatoms. The molecule has 1 heterocycles. The highest BCUT2D eigenvalue weighted by Crippen LogP contribution is 2.30. The Morgan fingerprint density at radius 3 is 2.65 bits per heavy atom. The number of nitrogens with zero attached hydrogens (tertiary/aromatic N) is 2. The van der Waals surface area contributed by atoms with Crippen molar-refractivity contribution >= 4 is 19.7 Å². The van der Waals surface area contributed by atoms with Crippen LogP contribution >= 0.6 is 11.6 Å². The van der Waals surface area contributed by atoms with Crippen molar-refractivity contribution in [3.05, 3.63) is 46.6 Å². The first-order chi connectivity index (χ1) is 10.8. The molecule has 0 bridgehead atoms. The zero-order valence-corrected chi connectivity index (χ0v) is 15.9. The Bertz CT molecular complexity index is 726. The predicted molar refractivity (Wildman–Crippen MR) is 98.4 cm³/mol. The van der Waals surface area contributed by atoms with Gasteiger partial charge in [0.15, 0.2) is 0 Å². The molecule has 122 valence electrons. The Kier molecular flexibility index (Phi) is 5.69.